The Bertz CT molecular complexity index is 1320. The van der Waals surface area contributed by atoms with Crippen molar-refractivity contribution >= 4 is 19.9 Å². The largest absolute Gasteiger partial charge is 0.495 e. The zero-order chi connectivity index (χ0) is 28.3. The molecule has 2 heterocycles. The Labute approximate surface area is 227 Å². The van der Waals surface area contributed by atoms with Gasteiger partial charge >= 0.3 is 6.18 Å². The molecule has 0 spiro atoms. The summed E-state index contributed by atoms with van der Waals surface area (Å²) in [5.41, 5.74) is 0.0102. The highest BCUT2D eigenvalue weighted by molar-refractivity contribution is 6.74. The van der Waals surface area contributed by atoms with Crippen molar-refractivity contribution in [1.29, 1.82) is 0 Å². The van der Waals surface area contributed by atoms with Crippen LogP contribution in [0.2, 0.25) is 23.2 Å². The molecule has 1 saturated carbocycles. The molecule has 3 aromatic rings. The number of hydrogen-bond acceptors (Lipinski definition) is 4. The van der Waals surface area contributed by atoms with Crippen LogP contribution in [-0.2, 0) is 17.2 Å². The highest BCUT2D eigenvalue weighted by atomic mass is 35.5. The van der Waals surface area contributed by atoms with Crippen LogP contribution in [-0.4, -0.2) is 40.9 Å². The van der Waals surface area contributed by atoms with Gasteiger partial charge in [-0.25, -0.2) is 0 Å². The van der Waals surface area contributed by atoms with Crippen molar-refractivity contribution in [2.24, 2.45) is 0 Å². The fourth-order valence-corrected chi connectivity index (χ4v) is 7.05. The van der Waals surface area contributed by atoms with Gasteiger partial charge in [0.1, 0.15) is 5.75 Å². The maximum atomic E-state index is 14.5. The van der Waals surface area contributed by atoms with Crippen LogP contribution in [0.15, 0.2) is 30.6 Å². The van der Waals surface area contributed by atoms with Crippen LogP contribution in [0.4, 0.5) is 13.2 Å². The van der Waals surface area contributed by atoms with Crippen LogP contribution < -0.4 is 4.74 Å². The van der Waals surface area contributed by atoms with E-state index in [2.05, 4.69) is 43.9 Å². The Morgan fingerprint density at radius 1 is 1.18 bits per heavy atom. The lowest BCUT2D eigenvalue weighted by Gasteiger charge is -2.52. The number of rotatable bonds is 7. The molecule has 0 radical (unpaired) electrons. The Morgan fingerprint density at radius 3 is 2.39 bits per heavy atom. The van der Waals surface area contributed by atoms with E-state index in [1.54, 1.807) is 24.4 Å². The second-order valence-electron chi connectivity index (χ2n) is 11.8. The molecule has 2 aromatic heterocycles. The van der Waals surface area contributed by atoms with Gasteiger partial charge in [0.05, 0.1) is 42.3 Å². The number of alkyl halides is 3. The maximum absolute atomic E-state index is 14.5. The topological polar surface area (TPSA) is 72.3 Å². The average Bonchev–Trinajstić information content (AvgIpc) is 3.40. The van der Waals surface area contributed by atoms with E-state index < -0.39 is 38.4 Å². The number of aliphatic hydroxyl groups excluding tert-OH is 1. The zero-order valence-corrected chi connectivity index (χ0v) is 24.5. The summed E-state index contributed by atoms with van der Waals surface area (Å²) < 4.78 is 56.4. The number of H-pyrrole nitrogens is 1. The highest BCUT2D eigenvalue weighted by Gasteiger charge is 2.51. The third kappa shape index (κ3) is 5.03. The van der Waals surface area contributed by atoms with Gasteiger partial charge in [-0.15, -0.1) is 0 Å². The third-order valence-corrected chi connectivity index (χ3v) is 12.9. The van der Waals surface area contributed by atoms with Gasteiger partial charge in [0.25, 0.3) is 0 Å². The lowest BCUT2D eigenvalue weighted by atomic mass is 9.77. The summed E-state index contributed by atoms with van der Waals surface area (Å²) in [6, 6.07) is 4.69. The van der Waals surface area contributed by atoms with Crippen molar-refractivity contribution in [3.05, 3.63) is 46.9 Å². The Kier molecular flexibility index (Phi) is 7.35. The summed E-state index contributed by atoms with van der Waals surface area (Å²) >= 11 is 6.48. The highest BCUT2D eigenvalue weighted by Crippen LogP contribution is 2.51. The molecule has 0 amide bonds. The Balaban J connectivity index is 1.71. The standard InChI is InChI=1S/C27H35ClF3N3O3Si/c1-25(2,3)38(6,7)37-26(4)11-16(12-26)34-24(27(29,30)31)19(14-33-34)23-20(15-35)18(13-32-23)17-9-8-10-21(36-5)22(17)28/h8-10,13-14,16,32,35H,11-12,15H2,1-7H3. The van der Waals surface area contributed by atoms with Crippen LogP contribution in [0.5, 0.6) is 5.75 Å². The number of benzene rings is 1. The normalized spacial score (nSPS) is 20.5. The lowest BCUT2D eigenvalue weighted by molar-refractivity contribution is -0.148. The van der Waals surface area contributed by atoms with E-state index in [0.29, 0.717) is 40.3 Å². The lowest BCUT2D eigenvalue weighted by Crippen LogP contribution is -2.54. The number of aliphatic hydroxyl groups is 1. The first-order valence-electron chi connectivity index (χ1n) is 12.5. The van der Waals surface area contributed by atoms with E-state index in [4.69, 9.17) is 20.8 Å². The molecule has 1 fully saturated rings. The summed E-state index contributed by atoms with van der Waals surface area (Å²) in [6.45, 7) is 12.2. The molecule has 2 N–H and O–H groups in total. The van der Waals surface area contributed by atoms with E-state index in [1.807, 2.05) is 6.92 Å². The molecule has 208 valence electrons. The minimum Gasteiger partial charge on any atom is -0.495 e. The number of hydrogen-bond donors (Lipinski definition) is 2. The fraction of sp³-hybridized carbons (Fsp3) is 0.519. The number of nitrogens with one attached hydrogen (secondary N) is 1. The molecule has 6 nitrogen and oxygen atoms in total. The molecule has 0 saturated heterocycles. The van der Waals surface area contributed by atoms with Crippen molar-refractivity contribution in [2.45, 2.75) is 83.1 Å². The molecule has 38 heavy (non-hydrogen) atoms. The first-order valence-corrected chi connectivity index (χ1v) is 15.8. The molecule has 1 aliphatic rings. The third-order valence-electron chi connectivity index (χ3n) is 7.94. The van der Waals surface area contributed by atoms with Gasteiger partial charge in [-0.05, 0) is 44.0 Å². The number of aromatic nitrogens is 3. The summed E-state index contributed by atoms with van der Waals surface area (Å²) in [6.07, 6.45) is -1.02. The van der Waals surface area contributed by atoms with Gasteiger partial charge in [-0.2, -0.15) is 18.3 Å². The van der Waals surface area contributed by atoms with Crippen LogP contribution in [0.3, 0.4) is 0 Å². The number of ether oxygens (including phenoxy) is 1. The number of aromatic amines is 1. The number of halogens is 4. The van der Waals surface area contributed by atoms with E-state index in [-0.39, 0.29) is 16.3 Å². The van der Waals surface area contributed by atoms with Gasteiger partial charge in [0.2, 0.25) is 0 Å². The van der Waals surface area contributed by atoms with Crippen molar-refractivity contribution in [3.8, 4) is 28.1 Å². The van der Waals surface area contributed by atoms with Gasteiger partial charge in [-0.3, -0.25) is 4.68 Å². The molecule has 4 rings (SSSR count). The van der Waals surface area contributed by atoms with Gasteiger partial charge < -0.3 is 19.3 Å². The van der Waals surface area contributed by atoms with E-state index in [1.165, 1.54) is 13.3 Å². The van der Waals surface area contributed by atoms with Crippen LogP contribution in [0.25, 0.3) is 22.4 Å². The monoisotopic (exact) mass is 569 g/mol. The second-order valence-corrected chi connectivity index (χ2v) is 16.9. The Morgan fingerprint density at radius 2 is 1.84 bits per heavy atom. The van der Waals surface area contributed by atoms with Gasteiger partial charge in [0.15, 0.2) is 14.0 Å². The zero-order valence-electron chi connectivity index (χ0n) is 22.8. The van der Waals surface area contributed by atoms with Gasteiger partial charge in [0, 0.05) is 28.5 Å². The van der Waals surface area contributed by atoms with Gasteiger partial charge in [-0.1, -0.05) is 44.5 Å². The van der Waals surface area contributed by atoms with E-state index >= 15 is 0 Å². The molecule has 0 unspecified atom stereocenters. The molecule has 0 aliphatic heterocycles. The minimum absolute atomic E-state index is 0.00517. The summed E-state index contributed by atoms with van der Waals surface area (Å²) in [7, 11) is -0.617. The second kappa shape index (κ2) is 9.73. The molecule has 0 bridgehead atoms. The summed E-state index contributed by atoms with van der Waals surface area (Å²) in [4.78, 5) is 2.94. The minimum atomic E-state index is -4.66. The maximum Gasteiger partial charge on any atom is 0.433 e. The first kappa shape index (κ1) is 28.7. The van der Waals surface area contributed by atoms with E-state index in [0.717, 1.165) is 4.68 Å². The molecule has 11 heteroatoms. The van der Waals surface area contributed by atoms with Crippen molar-refractivity contribution in [1.82, 2.24) is 14.8 Å². The van der Waals surface area contributed by atoms with E-state index in [9.17, 15) is 18.3 Å². The van der Waals surface area contributed by atoms with Crippen LogP contribution in [0.1, 0.15) is 57.8 Å². The average molecular weight is 570 g/mol. The molecule has 0 atom stereocenters. The van der Waals surface area contributed by atoms with Crippen molar-refractivity contribution < 1.29 is 27.4 Å². The summed E-state index contributed by atoms with van der Waals surface area (Å²) in [5, 5.41) is 14.7. The molecule has 1 aromatic carbocycles. The van der Waals surface area contributed by atoms with Crippen LogP contribution >= 0.6 is 11.6 Å². The SMILES string of the molecule is COc1cccc(-c2c[nH]c(-c3cnn(C4CC(C)(O[Si](C)(C)C(C)(C)C)C4)c3C(F)(F)F)c2CO)c1Cl. The predicted octanol–water partition coefficient (Wildman–Crippen LogP) is 7.83. The number of nitrogens with zero attached hydrogens (tertiary/aromatic N) is 2. The molecular weight excluding hydrogens is 535 g/mol. The predicted molar refractivity (Wildman–Crippen MR) is 145 cm³/mol. The van der Waals surface area contributed by atoms with Crippen molar-refractivity contribution in [3.63, 3.8) is 0 Å². The quantitative estimate of drug-likeness (QED) is 0.284. The number of methoxy groups -OCH3 is 1. The van der Waals surface area contributed by atoms with Crippen molar-refractivity contribution in [2.75, 3.05) is 7.11 Å². The fourth-order valence-electron chi connectivity index (χ4n) is 5.04. The first-order chi connectivity index (χ1) is 17.5. The Hall–Kier alpha value is -2.27. The summed E-state index contributed by atoms with van der Waals surface area (Å²) in [5.74, 6) is 0.424. The van der Waals surface area contributed by atoms with Crippen LogP contribution in [0, 0.1) is 0 Å². The molecular formula is C27H35ClF3N3O3Si. The molecule has 1 aliphatic carbocycles. The smallest absolute Gasteiger partial charge is 0.433 e.